The predicted molar refractivity (Wildman–Crippen MR) is 75.1 cm³/mol. The molecule has 0 aliphatic carbocycles. The zero-order valence-electron chi connectivity index (χ0n) is 11.6. The van der Waals surface area contributed by atoms with Crippen molar-refractivity contribution in [1.29, 1.82) is 0 Å². The second-order valence-electron chi connectivity index (χ2n) is 4.43. The zero-order chi connectivity index (χ0) is 14.2. The van der Waals surface area contributed by atoms with Crippen molar-refractivity contribution >= 4 is 6.21 Å². The number of para-hydroxylation sites is 1. The van der Waals surface area contributed by atoms with Crippen LogP contribution in [-0.4, -0.2) is 62.9 Å². The van der Waals surface area contributed by atoms with Gasteiger partial charge in [-0.1, -0.05) is 11.2 Å². The highest BCUT2D eigenvalue weighted by Crippen LogP contribution is 2.30. The molecule has 0 spiro atoms. The molecule has 1 N–H and O–H groups in total. The van der Waals surface area contributed by atoms with Crippen molar-refractivity contribution in [2.24, 2.45) is 5.16 Å². The van der Waals surface area contributed by atoms with Crippen molar-refractivity contribution < 1.29 is 19.4 Å². The molecule has 6 heteroatoms. The van der Waals surface area contributed by atoms with E-state index in [1.165, 1.54) is 6.21 Å². The van der Waals surface area contributed by atoms with Crippen LogP contribution in [0.4, 0.5) is 0 Å². The molecule has 0 bridgehead atoms. The molecule has 6 nitrogen and oxygen atoms in total. The minimum absolute atomic E-state index is 0.548. The standard InChI is InChI=1S/C14H20N2O4/c1-18-13-4-2-3-12(11-15-17)14(13)20-10-7-16-5-8-19-9-6-16/h2-4,11,17H,5-10H2,1H3. The van der Waals surface area contributed by atoms with Crippen LogP contribution in [-0.2, 0) is 4.74 Å². The largest absolute Gasteiger partial charge is 0.493 e. The summed E-state index contributed by atoms with van der Waals surface area (Å²) < 4.78 is 16.4. The second-order valence-corrected chi connectivity index (χ2v) is 4.43. The molecule has 110 valence electrons. The number of nitrogens with zero attached hydrogens (tertiary/aromatic N) is 2. The molecule has 0 radical (unpaired) electrons. The van der Waals surface area contributed by atoms with Gasteiger partial charge in [0.1, 0.15) is 6.61 Å². The molecular formula is C14H20N2O4. The Labute approximate surface area is 118 Å². The molecule has 1 aliphatic heterocycles. The van der Waals surface area contributed by atoms with E-state index in [9.17, 15) is 0 Å². The highest BCUT2D eigenvalue weighted by atomic mass is 16.5. The average Bonchev–Trinajstić information content (AvgIpc) is 2.50. The Hall–Kier alpha value is -1.79. The average molecular weight is 280 g/mol. The highest BCUT2D eigenvalue weighted by molar-refractivity contribution is 5.84. The summed E-state index contributed by atoms with van der Waals surface area (Å²) in [5, 5.41) is 11.7. The zero-order valence-corrected chi connectivity index (χ0v) is 11.6. The number of ether oxygens (including phenoxy) is 3. The van der Waals surface area contributed by atoms with Crippen LogP contribution in [0.3, 0.4) is 0 Å². The van der Waals surface area contributed by atoms with Gasteiger partial charge in [-0.3, -0.25) is 4.90 Å². The van der Waals surface area contributed by atoms with Crippen LogP contribution < -0.4 is 9.47 Å². The number of oxime groups is 1. The summed E-state index contributed by atoms with van der Waals surface area (Å²) in [5.74, 6) is 1.23. The SMILES string of the molecule is COc1cccc(C=NO)c1OCCN1CCOCC1. The normalized spacial score (nSPS) is 16.4. The lowest BCUT2D eigenvalue weighted by Crippen LogP contribution is -2.38. The maximum atomic E-state index is 8.69. The van der Waals surface area contributed by atoms with Crippen LogP contribution >= 0.6 is 0 Å². The maximum absolute atomic E-state index is 8.69. The van der Waals surface area contributed by atoms with Gasteiger partial charge in [0.2, 0.25) is 0 Å². The Morgan fingerprint density at radius 1 is 1.40 bits per heavy atom. The molecule has 1 aliphatic rings. The Morgan fingerprint density at radius 2 is 2.20 bits per heavy atom. The van der Waals surface area contributed by atoms with E-state index in [1.54, 1.807) is 7.11 Å². The summed E-state index contributed by atoms with van der Waals surface area (Å²) in [4.78, 5) is 2.29. The van der Waals surface area contributed by atoms with Crippen molar-refractivity contribution in [2.45, 2.75) is 0 Å². The van der Waals surface area contributed by atoms with E-state index >= 15 is 0 Å². The number of hydrogen-bond donors (Lipinski definition) is 1. The molecule has 1 aromatic carbocycles. The van der Waals surface area contributed by atoms with Gasteiger partial charge in [0.15, 0.2) is 11.5 Å². The van der Waals surface area contributed by atoms with Crippen molar-refractivity contribution in [3.63, 3.8) is 0 Å². The third-order valence-corrected chi connectivity index (χ3v) is 3.18. The van der Waals surface area contributed by atoms with Gasteiger partial charge in [-0.25, -0.2) is 0 Å². The topological polar surface area (TPSA) is 63.5 Å². The molecule has 1 fully saturated rings. The first kappa shape index (κ1) is 14.6. The van der Waals surface area contributed by atoms with Crippen LogP contribution in [0.25, 0.3) is 0 Å². The lowest BCUT2D eigenvalue weighted by molar-refractivity contribution is 0.0321. The van der Waals surface area contributed by atoms with Crippen molar-refractivity contribution in [2.75, 3.05) is 46.6 Å². The van der Waals surface area contributed by atoms with Crippen LogP contribution in [0.5, 0.6) is 11.5 Å². The Balaban J connectivity index is 1.96. The van der Waals surface area contributed by atoms with E-state index in [0.29, 0.717) is 23.7 Å². The first-order chi connectivity index (χ1) is 9.85. The fourth-order valence-electron chi connectivity index (χ4n) is 2.11. The molecule has 0 unspecified atom stereocenters. The lowest BCUT2D eigenvalue weighted by atomic mass is 10.2. The quantitative estimate of drug-likeness (QED) is 0.482. The van der Waals surface area contributed by atoms with Crippen LogP contribution in [0.2, 0.25) is 0 Å². The lowest BCUT2D eigenvalue weighted by Gasteiger charge is -2.26. The van der Waals surface area contributed by atoms with Gasteiger partial charge in [-0.05, 0) is 12.1 Å². The molecule has 1 heterocycles. The minimum atomic E-state index is 0.548. The van der Waals surface area contributed by atoms with Crippen LogP contribution in [0.15, 0.2) is 23.4 Å². The summed E-state index contributed by atoms with van der Waals surface area (Å²) in [6.45, 7) is 4.79. The fraction of sp³-hybridized carbons (Fsp3) is 0.500. The number of methoxy groups -OCH3 is 1. The monoisotopic (exact) mass is 280 g/mol. The number of benzene rings is 1. The van der Waals surface area contributed by atoms with E-state index in [-0.39, 0.29) is 0 Å². The van der Waals surface area contributed by atoms with Gasteiger partial charge in [0.25, 0.3) is 0 Å². The molecule has 1 saturated heterocycles. The number of morpholine rings is 1. The number of rotatable bonds is 6. The number of hydrogen-bond acceptors (Lipinski definition) is 6. The van der Waals surface area contributed by atoms with Crippen molar-refractivity contribution in [3.8, 4) is 11.5 Å². The third-order valence-electron chi connectivity index (χ3n) is 3.18. The predicted octanol–water partition coefficient (Wildman–Crippen LogP) is 1.21. The molecule has 1 aromatic rings. The van der Waals surface area contributed by atoms with E-state index in [4.69, 9.17) is 19.4 Å². The Morgan fingerprint density at radius 3 is 2.90 bits per heavy atom. The van der Waals surface area contributed by atoms with Gasteiger partial charge in [0, 0.05) is 25.2 Å². The van der Waals surface area contributed by atoms with Gasteiger partial charge in [-0.15, -0.1) is 0 Å². The molecule has 2 rings (SSSR count). The van der Waals surface area contributed by atoms with E-state index in [1.807, 2.05) is 18.2 Å². The first-order valence-corrected chi connectivity index (χ1v) is 6.62. The molecule has 0 aromatic heterocycles. The van der Waals surface area contributed by atoms with Gasteiger partial charge in [0.05, 0.1) is 26.5 Å². The van der Waals surface area contributed by atoms with Crippen LogP contribution in [0, 0.1) is 0 Å². The van der Waals surface area contributed by atoms with E-state index in [2.05, 4.69) is 10.1 Å². The van der Waals surface area contributed by atoms with Gasteiger partial charge < -0.3 is 19.4 Å². The van der Waals surface area contributed by atoms with Crippen molar-refractivity contribution in [3.05, 3.63) is 23.8 Å². The van der Waals surface area contributed by atoms with Gasteiger partial charge >= 0.3 is 0 Å². The molecule has 20 heavy (non-hydrogen) atoms. The van der Waals surface area contributed by atoms with Crippen molar-refractivity contribution in [1.82, 2.24) is 4.90 Å². The summed E-state index contributed by atoms with van der Waals surface area (Å²) in [6, 6.07) is 5.45. The maximum Gasteiger partial charge on any atom is 0.170 e. The molecular weight excluding hydrogens is 260 g/mol. The summed E-state index contributed by atoms with van der Waals surface area (Å²) in [6.07, 6.45) is 1.34. The third kappa shape index (κ3) is 3.85. The molecule has 0 saturated carbocycles. The Bertz CT molecular complexity index is 445. The smallest absolute Gasteiger partial charge is 0.170 e. The summed E-state index contributed by atoms with van der Waals surface area (Å²) in [7, 11) is 1.59. The van der Waals surface area contributed by atoms with E-state index in [0.717, 1.165) is 32.8 Å². The summed E-state index contributed by atoms with van der Waals surface area (Å²) in [5.41, 5.74) is 0.689. The minimum Gasteiger partial charge on any atom is -0.493 e. The first-order valence-electron chi connectivity index (χ1n) is 6.62. The fourth-order valence-corrected chi connectivity index (χ4v) is 2.11. The molecule has 0 atom stereocenters. The Kier molecular flexibility index (Phi) is 5.64. The second kappa shape index (κ2) is 7.72. The molecule has 0 amide bonds. The van der Waals surface area contributed by atoms with E-state index < -0.39 is 0 Å². The van der Waals surface area contributed by atoms with Gasteiger partial charge in [-0.2, -0.15) is 0 Å². The van der Waals surface area contributed by atoms with Crippen LogP contribution in [0.1, 0.15) is 5.56 Å². The highest BCUT2D eigenvalue weighted by Gasteiger charge is 2.12. The summed E-state index contributed by atoms with van der Waals surface area (Å²) >= 11 is 0.